The monoisotopic (exact) mass is 196 g/mol. The Bertz CT molecular complexity index is 180. The minimum atomic E-state index is -3.19. The third-order valence-electron chi connectivity index (χ3n) is 2.21. The Balaban J connectivity index is 4.84. The van der Waals surface area contributed by atoms with Gasteiger partial charge in [0.25, 0.3) is 0 Å². The molecule has 0 amide bonds. The second-order valence-corrected chi connectivity index (χ2v) is 6.07. The van der Waals surface area contributed by atoms with Crippen molar-refractivity contribution < 1.29 is 18.7 Å². The van der Waals surface area contributed by atoms with Crippen LogP contribution in [-0.4, -0.2) is 30.6 Å². The average Bonchev–Trinajstić information content (AvgIpc) is 2.02. The first-order valence-corrected chi connectivity index (χ1v) is 5.25. The molecule has 0 heterocycles. The van der Waals surface area contributed by atoms with Gasteiger partial charge in [0.2, 0.25) is 0 Å². The maximum atomic E-state index is 11.8. The lowest BCUT2D eigenvalue weighted by Crippen LogP contribution is -2.34. The lowest BCUT2D eigenvalue weighted by atomic mass is 10.1. The van der Waals surface area contributed by atoms with Crippen LogP contribution < -0.4 is 0 Å². The molecule has 0 aliphatic rings. The predicted octanol–water partition coefficient (Wildman–Crippen LogP) is 1.63. The molecule has 0 aromatic carbocycles. The summed E-state index contributed by atoms with van der Waals surface area (Å²) < 4.78 is 21.4. The van der Waals surface area contributed by atoms with E-state index in [-0.39, 0.29) is 0 Å². The summed E-state index contributed by atoms with van der Waals surface area (Å²) in [6, 6.07) is 0. The highest BCUT2D eigenvalue weighted by Gasteiger charge is 2.45. The second-order valence-electron chi connectivity index (χ2n) is 3.19. The van der Waals surface area contributed by atoms with Crippen molar-refractivity contribution in [1.29, 1.82) is 0 Å². The van der Waals surface area contributed by atoms with Gasteiger partial charge >= 0.3 is 7.60 Å². The van der Waals surface area contributed by atoms with Crippen LogP contribution in [0, 0.1) is 0 Å². The highest BCUT2D eigenvalue weighted by Crippen LogP contribution is 2.59. The zero-order chi connectivity index (χ0) is 9.99. The first-order chi connectivity index (χ1) is 5.31. The van der Waals surface area contributed by atoms with Gasteiger partial charge in [-0.15, -0.1) is 0 Å². The Morgan fingerprint density at radius 1 is 1.33 bits per heavy atom. The number of aliphatic hydroxyl groups excluding tert-OH is 1. The van der Waals surface area contributed by atoms with E-state index in [0.29, 0.717) is 0 Å². The molecule has 0 aliphatic carbocycles. The zero-order valence-corrected chi connectivity index (χ0v) is 9.09. The van der Waals surface area contributed by atoms with Gasteiger partial charge in [-0.1, -0.05) is 0 Å². The molecule has 0 radical (unpaired) electrons. The largest absolute Gasteiger partial charge is 0.392 e. The molecular weight excluding hydrogens is 179 g/mol. The van der Waals surface area contributed by atoms with E-state index in [2.05, 4.69) is 0 Å². The van der Waals surface area contributed by atoms with E-state index in [1.807, 2.05) is 0 Å². The van der Waals surface area contributed by atoms with Crippen LogP contribution in [0.15, 0.2) is 0 Å². The van der Waals surface area contributed by atoms with Gasteiger partial charge in [-0.25, -0.2) is 0 Å². The molecule has 0 aliphatic heterocycles. The van der Waals surface area contributed by atoms with Gasteiger partial charge in [0.15, 0.2) is 0 Å². The summed E-state index contributed by atoms with van der Waals surface area (Å²) in [5, 5.41) is 8.47. The highest BCUT2D eigenvalue weighted by molar-refractivity contribution is 7.55. The van der Waals surface area contributed by atoms with E-state index in [1.165, 1.54) is 14.2 Å². The molecule has 4 nitrogen and oxygen atoms in total. The maximum absolute atomic E-state index is 11.8. The van der Waals surface area contributed by atoms with E-state index >= 15 is 0 Å². The second kappa shape index (κ2) is 3.88. The summed E-state index contributed by atoms with van der Waals surface area (Å²) in [7, 11) is -0.562. The molecule has 74 valence electrons. The molecule has 12 heavy (non-hydrogen) atoms. The average molecular weight is 196 g/mol. The molecule has 0 aromatic rings. The van der Waals surface area contributed by atoms with Crippen molar-refractivity contribution in [2.45, 2.75) is 32.0 Å². The van der Waals surface area contributed by atoms with Gasteiger partial charge in [0.05, 0.1) is 11.3 Å². The van der Waals surface area contributed by atoms with Crippen LogP contribution >= 0.6 is 7.60 Å². The normalized spacial score (nSPS) is 16.2. The molecule has 0 fully saturated rings. The number of aliphatic hydroxyl groups is 1. The molecule has 0 unspecified atom stereocenters. The Labute approximate surface area is 73.4 Å². The highest BCUT2D eigenvalue weighted by atomic mass is 31.2. The Kier molecular flexibility index (Phi) is 3.91. The van der Waals surface area contributed by atoms with Gasteiger partial charge in [0, 0.05) is 14.2 Å². The van der Waals surface area contributed by atoms with Crippen molar-refractivity contribution in [2.24, 2.45) is 0 Å². The zero-order valence-electron chi connectivity index (χ0n) is 8.20. The molecule has 5 heteroatoms. The quantitative estimate of drug-likeness (QED) is 0.694. The first kappa shape index (κ1) is 12.1. The SMILES string of the molecule is COP(=O)(OC)C(C)(C)[C@H](C)O. The molecule has 0 saturated carbocycles. The van der Waals surface area contributed by atoms with Crippen molar-refractivity contribution in [3.63, 3.8) is 0 Å². The van der Waals surface area contributed by atoms with E-state index in [1.54, 1.807) is 20.8 Å². The van der Waals surface area contributed by atoms with Gasteiger partial charge in [-0.05, 0) is 20.8 Å². The van der Waals surface area contributed by atoms with E-state index in [9.17, 15) is 9.67 Å². The smallest absolute Gasteiger partial charge is 0.338 e. The third-order valence-corrected chi connectivity index (χ3v) is 4.96. The fraction of sp³-hybridized carbons (Fsp3) is 1.00. The van der Waals surface area contributed by atoms with Crippen molar-refractivity contribution in [3.05, 3.63) is 0 Å². The first-order valence-electron chi connectivity index (χ1n) is 3.71. The molecule has 1 atom stereocenters. The van der Waals surface area contributed by atoms with Crippen LogP contribution in [0.2, 0.25) is 0 Å². The standard InChI is InChI=1S/C7H17O4P/c1-6(8)7(2,3)12(9,10-4)11-5/h6,8H,1-5H3/t6-/m0/s1. The van der Waals surface area contributed by atoms with Gasteiger partial charge < -0.3 is 14.2 Å². The summed E-state index contributed by atoms with van der Waals surface area (Å²) in [6.07, 6.45) is -0.747. The lowest BCUT2D eigenvalue weighted by Gasteiger charge is -2.33. The van der Waals surface area contributed by atoms with Crippen LogP contribution in [0.5, 0.6) is 0 Å². The summed E-state index contributed by atoms with van der Waals surface area (Å²) in [6.45, 7) is 4.85. The van der Waals surface area contributed by atoms with Gasteiger partial charge in [0.1, 0.15) is 0 Å². The Hall–Kier alpha value is 0.110. The summed E-state index contributed by atoms with van der Waals surface area (Å²) in [5.41, 5.74) is 0. The lowest BCUT2D eigenvalue weighted by molar-refractivity contribution is 0.130. The summed E-state index contributed by atoms with van der Waals surface area (Å²) in [4.78, 5) is 0. The molecule has 0 aromatic heterocycles. The van der Waals surface area contributed by atoms with Crippen molar-refractivity contribution in [1.82, 2.24) is 0 Å². The van der Waals surface area contributed by atoms with Crippen molar-refractivity contribution >= 4 is 7.60 Å². The van der Waals surface area contributed by atoms with Crippen molar-refractivity contribution in [2.75, 3.05) is 14.2 Å². The van der Waals surface area contributed by atoms with Crippen LogP contribution in [0.4, 0.5) is 0 Å². The van der Waals surface area contributed by atoms with Crippen LogP contribution in [0.3, 0.4) is 0 Å². The fourth-order valence-electron chi connectivity index (χ4n) is 0.774. The van der Waals surface area contributed by atoms with E-state index in [0.717, 1.165) is 0 Å². The van der Waals surface area contributed by atoms with Gasteiger partial charge in [-0.3, -0.25) is 4.57 Å². The predicted molar refractivity (Wildman–Crippen MR) is 47.4 cm³/mol. The molecule has 1 N–H and O–H groups in total. The topological polar surface area (TPSA) is 55.8 Å². The van der Waals surface area contributed by atoms with E-state index < -0.39 is 18.9 Å². The van der Waals surface area contributed by atoms with Crippen LogP contribution in [0.1, 0.15) is 20.8 Å². The fourth-order valence-corrected chi connectivity index (χ4v) is 2.32. The maximum Gasteiger partial charge on any atom is 0.338 e. The molecule has 0 bridgehead atoms. The van der Waals surface area contributed by atoms with Gasteiger partial charge in [-0.2, -0.15) is 0 Å². The Morgan fingerprint density at radius 3 is 1.75 bits per heavy atom. The minimum absolute atomic E-state index is 0.747. The number of hydrogen-bond acceptors (Lipinski definition) is 4. The summed E-state index contributed by atoms with van der Waals surface area (Å²) >= 11 is 0. The Morgan fingerprint density at radius 2 is 1.67 bits per heavy atom. The van der Waals surface area contributed by atoms with E-state index in [4.69, 9.17) is 9.05 Å². The van der Waals surface area contributed by atoms with Crippen LogP contribution in [0.25, 0.3) is 0 Å². The molecular formula is C7H17O4P. The molecule has 0 saturated heterocycles. The number of rotatable bonds is 4. The molecule has 0 rings (SSSR count). The van der Waals surface area contributed by atoms with Crippen molar-refractivity contribution in [3.8, 4) is 0 Å². The summed E-state index contributed by atoms with van der Waals surface area (Å²) in [5.74, 6) is 0. The number of hydrogen-bond donors (Lipinski definition) is 1. The third kappa shape index (κ3) is 1.88. The minimum Gasteiger partial charge on any atom is -0.392 e. The van der Waals surface area contributed by atoms with Crippen LogP contribution in [-0.2, 0) is 13.6 Å². The molecule has 0 spiro atoms.